The average Bonchev–Trinajstić information content (AvgIpc) is 2.63. The summed E-state index contributed by atoms with van der Waals surface area (Å²) in [5.41, 5.74) is 0. The number of rotatable bonds is 5. The van der Waals surface area contributed by atoms with Crippen LogP contribution in [0.2, 0.25) is 0 Å². The summed E-state index contributed by atoms with van der Waals surface area (Å²) in [6.07, 6.45) is 3.45. The van der Waals surface area contributed by atoms with Crippen LogP contribution in [0.5, 0.6) is 0 Å². The van der Waals surface area contributed by atoms with Gasteiger partial charge in [0.15, 0.2) is 0 Å². The second-order valence-corrected chi connectivity index (χ2v) is 6.08. The Hall–Kier alpha value is -0.0900. The zero-order chi connectivity index (χ0) is 12.1. The quantitative estimate of drug-likeness (QED) is 0.728. The molecule has 0 aromatic heterocycles. The molecule has 0 bridgehead atoms. The largest absolute Gasteiger partial charge is 0.383 e. The molecular formula is C12H22BrNO2. The Labute approximate surface area is 107 Å². The molecule has 0 saturated heterocycles. The van der Waals surface area contributed by atoms with Crippen LogP contribution in [-0.2, 0) is 9.53 Å². The topological polar surface area (TPSA) is 29.5 Å². The van der Waals surface area contributed by atoms with Crippen LogP contribution in [-0.4, -0.2) is 42.9 Å². The molecule has 3 nitrogen and oxygen atoms in total. The smallest absolute Gasteiger partial charge is 0.225 e. The number of alkyl halides is 1. The molecule has 16 heavy (non-hydrogen) atoms. The minimum atomic E-state index is 0.225. The second-order valence-electron chi connectivity index (χ2n) is 4.79. The molecular weight excluding hydrogens is 270 g/mol. The van der Waals surface area contributed by atoms with E-state index in [0.29, 0.717) is 18.4 Å². The number of hydrogen-bond donors (Lipinski definition) is 0. The number of amides is 1. The summed E-state index contributed by atoms with van der Waals surface area (Å²) in [6.45, 7) is 3.54. The van der Waals surface area contributed by atoms with Crippen molar-refractivity contribution >= 4 is 21.8 Å². The van der Waals surface area contributed by atoms with Crippen molar-refractivity contribution in [2.24, 2.45) is 11.8 Å². The van der Waals surface area contributed by atoms with E-state index in [4.69, 9.17) is 4.74 Å². The Morgan fingerprint density at radius 1 is 1.56 bits per heavy atom. The predicted molar refractivity (Wildman–Crippen MR) is 68.7 cm³/mol. The summed E-state index contributed by atoms with van der Waals surface area (Å²) < 4.78 is 5.05. The lowest BCUT2D eigenvalue weighted by Crippen LogP contribution is -2.38. The van der Waals surface area contributed by atoms with E-state index in [1.807, 2.05) is 11.9 Å². The summed E-state index contributed by atoms with van der Waals surface area (Å²) in [7, 11) is 3.56. The van der Waals surface area contributed by atoms with Gasteiger partial charge in [0, 0.05) is 26.6 Å². The van der Waals surface area contributed by atoms with Gasteiger partial charge in [-0.2, -0.15) is 0 Å². The van der Waals surface area contributed by atoms with E-state index in [1.54, 1.807) is 7.11 Å². The van der Waals surface area contributed by atoms with Crippen molar-refractivity contribution in [2.45, 2.75) is 31.0 Å². The van der Waals surface area contributed by atoms with E-state index in [-0.39, 0.29) is 10.7 Å². The number of methoxy groups -OCH3 is 1. The normalized spacial score (nSPS) is 26.8. The molecule has 4 heteroatoms. The van der Waals surface area contributed by atoms with E-state index in [1.165, 1.54) is 12.8 Å². The third-order valence-corrected chi connectivity index (χ3v) is 3.93. The van der Waals surface area contributed by atoms with E-state index < -0.39 is 0 Å². The maximum absolute atomic E-state index is 12.2. The lowest BCUT2D eigenvalue weighted by Gasteiger charge is -2.25. The van der Waals surface area contributed by atoms with Gasteiger partial charge < -0.3 is 9.64 Å². The van der Waals surface area contributed by atoms with Crippen molar-refractivity contribution in [3.05, 3.63) is 0 Å². The molecule has 0 spiro atoms. The first-order chi connectivity index (χ1) is 7.56. The number of nitrogens with zero attached hydrogens (tertiary/aromatic N) is 1. The van der Waals surface area contributed by atoms with Gasteiger partial charge in [-0.15, -0.1) is 0 Å². The van der Waals surface area contributed by atoms with Gasteiger partial charge in [0.25, 0.3) is 0 Å². The third-order valence-electron chi connectivity index (χ3n) is 3.37. The Morgan fingerprint density at radius 3 is 2.75 bits per heavy atom. The van der Waals surface area contributed by atoms with Gasteiger partial charge in [0.2, 0.25) is 5.91 Å². The SMILES string of the molecule is COCC(Br)CN(C)C(=O)C1CCCC1C. The highest BCUT2D eigenvalue weighted by Gasteiger charge is 2.31. The number of carbonyl (C=O) groups is 1. The molecule has 0 aliphatic heterocycles. The van der Waals surface area contributed by atoms with Gasteiger partial charge >= 0.3 is 0 Å². The minimum absolute atomic E-state index is 0.225. The molecule has 0 aromatic carbocycles. The minimum Gasteiger partial charge on any atom is -0.383 e. The molecule has 1 aliphatic carbocycles. The first-order valence-corrected chi connectivity index (χ1v) is 6.85. The van der Waals surface area contributed by atoms with E-state index in [9.17, 15) is 4.79 Å². The Balaban J connectivity index is 2.40. The highest BCUT2D eigenvalue weighted by molar-refractivity contribution is 9.09. The first kappa shape index (κ1) is 14.0. The second kappa shape index (κ2) is 6.60. The van der Waals surface area contributed by atoms with Crippen molar-refractivity contribution in [1.29, 1.82) is 0 Å². The molecule has 0 aromatic rings. The fourth-order valence-corrected chi connectivity index (χ4v) is 3.11. The fraction of sp³-hybridized carbons (Fsp3) is 0.917. The summed E-state index contributed by atoms with van der Waals surface area (Å²) in [6, 6.07) is 0. The predicted octanol–water partition coefficient (Wildman–Crippen LogP) is 2.29. The zero-order valence-corrected chi connectivity index (χ0v) is 12.0. The summed E-state index contributed by atoms with van der Waals surface area (Å²) in [4.78, 5) is 14.2. The summed E-state index contributed by atoms with van der Waals surface area (Å²) in [5.74, 6) is 1.09. The van der Waals surface area contributed by atoms with Gasteiger partial charge in [-0.05, 0) is 18.8 Å². The lowest BCUT2D eigenvalue weighted by molar-refractivity contribution is -0.135. The molecule has 1 aliphatic rings. The van der Waals surface area contributed by atoms with Crippen molar-refractivity contribution in [1.82, 2.24) is 4.90 Å². The highest BCUT2D eigenvalue weighted by atomic mass is 79.9. The van der Waals surface area contributed by atoms with Crippen molar-refractivity contribution < 1.29 is 9.53 Å². The van der Waals surface area contributed by atoms with E-state index in [0.717, 1.165) is 13.0 Å². The van der Waals surface area contributed by atoms with Crippen LogP contribution in [0.25, 0.3) is 0 Å². The Morgan fingerprint density at radius 2 is 2.25 bits per heavy atom. The van der Waals surface area contributed by atoms with Crippen LogP contribution in [0.15, 0.2) is 0 Å². The van der Waals surface area contributed by atoms with E-state index >= 15 is 0 Å². The van der Waals surface area contributed by atoms with Crippen LogP contribution in [0.3, 0.4) is 0 Å². The molecule has 1 rings (SSSR count). The zero-order valence-electron chi connectivity index (χ0n) is 10.4. The van der Waals surface area contributed by atoms with Crippen LogP contribution in [0.4, 0.5) is 0 Å². The standard InChI is InChI=1S/C12H22BrNO2/c1-9-5-4-6-11(9)12(15)14(2)7-10(13)8-16-3/h9-11H,4-8H2,1-3H3. The number of carbonyl (C=O) groups excluding carboxylic acids is 1. The maximum atomic E-state index is 12.2. The Bertz CT molecular complexity index is 235. The average molecular weight is 292 g/mol. The number of ether oxygens (including phenoxy) is 1. The molecule has 1 amide bonds. The molecule has 1 saturated carbocycles. The van der Waals surface area contributed by atoms with Crippen molar-refractivity contribution in [2.75, 3.05) is 27.3 Å². The first-order valence-electron chi connectivity index (χ1n) is 5.94. The molecule has 0 N–H and O–H groups in total. The van der Waals surface area contributed by atoms with Crippen LogP contribution in [0, 0.1) is 11.8 Å². The van der Waals surface area contributed by atoms with Crippen LogP contribution in [0.1, 0.15) is 26.2 Å². The van der Waals surface area contributed by atoms with Crippen molar-refractivity contribution in [3.63, 3.8) is 0 Å². The summed E-state index contributed by atoms with van der Waals surface area (Å²) >= 11 is 3.51. The van der Waals surface area contributed by atoms with Gasteiger partial charge in [0.1, 0.15) is 0 Å². The summed E-state index contributed by atoms with van der Waals surface area (Å²) in [5, 5.41) is 0. The molecule has 94 valence electrons. The lowest BCUT2D eigenvalue weighted by atomic mass is 9.97. The van der Waals surface area contributed by atoms with Crippen molar-refractivity contribution in [3.8, 4) is 0 Å². The monoisotopic (exact) mass is 291 g/mol. The number of hydrogen-bond acceptors (Lipinski definition) is 2. The molecule has 0 radical (unpaired) electrons. The van der Waals surface area contributed by atoms with Crippen LogP contribution >= 0.6 is 15.9 Å². The maximum Gasteiger partial charge on any atom is 0.225 e. The highest BCUT2D eigenvalue weighted by Crippen LogP contribution is 2.32. The molecule has 3 unspecified atom stereocenters. The van der Waals surface area contributed by atoms with E-state index in [2.05, 4.69) is 22.9 Å². The number of halogens is 1. The van der Waals surface area contributed by atoms with Gasteiger partial charge in [0.05, 0.1) is 11.4 Å². The third kappa shape index (κ3) is 3.74. The van der Waals surface area contributed by atoms with Gasteiger partial charge in [-0.25, -0.2) is 0 Å². The van der Waals surface area contributed by atoms with Gasteiger partial charge in [-0.3, -0.25) is 4.79 Å². The van der Waals surface area contributed by atoms with Gasteiger partial charge in [-0.1, -0.05) is 29.3 Å². The molecule has 0 heterocycles. The fourth-order valence-electron chi connectivity index (χ4n) is 2.42. The van der Waals surface area contributed by atoms with Crippen LogP contribution < -0.4 is 0 Å². The molecule has 1 fully saturated rings. The molecule has 3 atom stereocenters. The Kier molecular flexibility index (Phi) is 5.76.